The van der Waals surface area contributed by atoms with Crippen LogP contribution in [0.15, 0.2) is 24.3 Å². The molecule has 3 heteroatoms. The number of ether oxygens (including phenoxy) is 1. The van der Waals surface area contributed by atoms with Gasteiger partial charge in [0, 0.05) is 18.6 Å². The third-order valence-electron chi connectivity index (χ3n) is 4.14. The molecule has 0 radical (unpaired) electrons. The number of hydrogen-bond acceptors (Lipinski definition) is 3. The van der Waals surface area contributed by atoms with Crippen LogP contribution in [0, 0.1) is 5.92 Å². The lowest BCUT2D eigenvalue weighted by Crippen LogP contribution is -2.48. The van der Waals surface area contributed by atoms with Crippen LogP contribution in [-0.2, 0) is 0 Å². The summed E-state index contributed by atoms with van der Waals surface area (Å²) < 4.78 is 5.69. The molecule has 0 saturated carbocycles. The molecule has 1 aliphatic rings. The molecule has 1 fully saturated rings. The SMILES string of the molecule is CCOc1ccccc1NC1CC(C)N(C)CC1C. The van der Waals surface area contributed by atoms with E-state index in [0.717, 1.165) is 18.0 Å². The fourth-order valence-electron chi connectivity index (χ4n) is 2.81. The van der Waals surface area contributed by atoms with Crippen molar-refractivity contribution in [2.75, 3.05) is 25.5 Å². The lowest BCUT2D eigenvalue weighted by atomic mass is 9.89. The minimum atomic E-state index is 0.521. The van der Waals surface area contributed by atoms with Crippen LogP contribution >= 0.6 is 0 Å². The highest BCUT2D eigenvalue weighted by atomic mass is 16.5. The normalized spacial score (nSPS) is 28.1. The van der Waals surface area contributed by atoms with Gasteiger partial charge in [0.25, 0.3) is 0 Å². The molecule has 1 aromatic carbocycles. The molecule has 19 heavy (non-hydrogen) atoms. The predicted octanol–water partition coefficient (Wildman–Crippen LogP) is 3.23. The van der Waals surface area contributed by atoms with Gasteiger partial charge in [-0.15, -0.1) is 0 Å². The highest BCUT2D eigenvalue weighted by Gasteiger charge is 2.29. The summed E-state index contributed by atoms with van der Waals surface area (Å²) in [6.07, 6.45) is 1.18. The highest BCUT2D eigenvalue weighted by molar-refractivity contribution is 5.56. The largest absolute Gasteiger partial charge is 0.492 e. The van der Waals surface area contributed by atoms with E-state index in [0.29, 0.717) is 24.6 Å². The maximum atomic E-state index is 5.69. The van der Waals surface area contributed by atoms with Gasteiger partial charge in [-0.3, -0.25) is 0 Å². The summed E-state index contributed by atoms with van der Waals surface area (Å²) in [6, 6.07) is 9.39. The molecule has 1 N–H and O–H groups in total. The van der Waals surface area contributed by atoms with Crippen molar-refractivity contribution in [3.63, 3.8) is 0 Å². The average Bonchev–Trinajstić information content (AvgIpc) is 2.38. The Morgan fingerprint density at radius 1 is 1.32 bits per heavy atom. The van der Waals surface area contributed by atoms with Gasteiger partial charge in [-0.05, 0) is 45.4 Å². The Bertz CT molecular complexity index is 407. The molecule has 2 rings (SSSR count). The van der Waals surface area contributed by atoms with Gasteiger partial charge in [0.05, 0.1) is 12.3 Å². The first-order chi connectivity index (χ1) is 9.11. The summed E-state index contributed by atoms with van der Waals surface area (Å²) in [7, 11) is 2.21. The zero-order valence-corrected chi connectivity index (χ0v) is 12.5. The second-order valence-electron chi connectivity index (χ2n) is 5.68. The summed E-state index contributed by atoms with van der Waals surface area (Å²) in [5, 5.41) is 3.68. The molecule has 1 heterocycles. The molecular formula is C16H26N2O. The summed E-state index contributed by atoms with van der Waals surface area (Å²) in [6.45, 7) is 8.50. The molecule has 3 atom stereocenters. The van der Waals surface area contributed by atoms with Crippen LogP contribution in [0.2, 0.25) is 0 Å². The van der Waals surface area contributed by atoms with Crippen LogP contribution < -0.4 is 10.1 Å². The average molecular weight is 262 g/mol. The van der Waals surface area contributed by atoms with Gasteiger partial charge in [0.1, 0.15) is 5.75 Å². The third kappa shape index (κ3) is 3.41. The van der Waals surface area contributed by atoms with E-state index in [1.54, 1.807) is 0 Å². The Balaban J connectivity index is 2.08. The number of hydrogen-bond donors (Lipinski definition) is 1. The monoisotopic (exact) mass is 262 g/mol. The maximum Gasteiger partial charge on any atom is 0.142 e. The summed E-state index contributed by atoms with van der Waals surface area (Å²) >= 11 is 0. The predicted molar refractivity (Wildman–Crippen MR) is 80.9 cm³/mol. The highest BCUT2D eigenvalue weighted by Crippen LogP contribution is 2.29. The van der Waals surface area contributed by atoms with Crippen molar-refractivity contribution in [1.29, 1.82) is 0 Å². The topological polar surface area (TPSA) is 24.5 Å². The quantitative estimate of drug-likeness (QED) is 0.901. The molecular weight excluding hydrogens is 236 g/mol. The van der Waals surface area contributed by atoms with E-state index in [4.69, 9.17) is 4.74 Å². The van der Waals surface area contributed by atoms with E-state index < -0.39 is 0 Å². The molecule has 1 aliphatic heterocycles. The second-order valence-corrected chi connectivity index (χ2v) is 5.68. The van der Waals surface area contributed by atoms with Crippen molar-refractivity contribution in [3.05, 3.63) is 24.3 Å². The van der Waals surface area contributed by atoms with E-state index in [1.807, 2.05) is 19.1 Å². The molecule has 1 saturated heterocycles. The van der Waals surface area contributed by atoms with Crippen molar-refractivity contribution >= 4 is 5.69 Å². The van der Waals surface area contributed by atoms with Gasteiger partial charge in [-0.1, -0.05) is 19.1 Å². The standard InChI is InChI=1S/C16H26N2O/c1-5-19-16-9-7-6-8-14(16)17-15-10-13(3)18(4)11-12(15)2/h6-9,12-13,15,17H,5,10-11H2,1-4H3. The zero-order valence-electron chi connectivity index (χ0n) is 12.5. The van der Waals surface area contributed by atoms with E-state index in [9.17, 15) is 0 Å². The minimum Gasteiger partial charge on any atom is -0.492 e. The fourth-order valence-corrected chi connectivity index (χ4v) is 2.81. The van der Waals surface area contributed by atoms with Crippen LogP contribution in [-0.4, -0.2) is 37.2 Å². The van der Waals surface area contributed by atoms with Gasteiger partial charge in [-0.25, -0.2) is 0 Å². The molecule has 106 valence electrons. The molecule has 0 amide bonds. The van der Waals surface area contributed by atoms with Crippen molar-refractivity contribution in [1.82, 2.24) is 4.90 Å². The molecule has 0 bridgehead atoms. The van der Waals surface area contributed by atoms with E-state index in [1.165, 1.54) is 6.42 Å². The Morgan fingerprint density at radius 3 is 2.79 bits per heavy atom. The molecule has 3 nitrogen and oxygen atoms in total. The first-order valence-corrected chi connectivity index (χ1v) is 7.30. The van der Waals surface area contributed by atoms with Gasteiger partial charge < -0.3 is 15.0 Å². The van der Waals surface area contributed by atoms with E-state index in [2.05, 4.69) is 43.2 Å². The van der Waals surface area contributed by atoms with E-state index in [-0.39, 0.29) is 0 Å². The Morgan fingerprint density at radius 2 is 2.05 bits per heavy atom. The van der Waals surface area contributed by atoms with Crippen molar-refractivity contribution in [2.45, 2.75) is 39.3 Å². The first kappa shape index (κ1) is 14.2. The maximum absolute atomic E-state index is 5.69. The van der Waals surface area contributed by atoms with Crippen LogP contribution in [0.1, 0.15) is 27.2 Å². The van der Waals surface area contributed by atoms with Crippen LogP contribution in [0.4, 0.5) is 5.69 Å². The smallest absolute Gasteiger partial charge is 0.142 e. The minimum absolute atomic E-state index is 0.521. The first-order valence-electron chi connectivity index (χ1n) is 7.30. The zero-order chi connectivity index (χ0) is 13.8. The number of piperidine rings is 1. The van der Waals surface area contributed by atoms with Gasteiger partial charge >= 0.3 is 0 Å². The number of nitrogens with zero attached hydrogens (tertiary/aromatic N) is 1. The van der Waals surface area contributed by atoms with Crippen molar-refractivity contribution < 1.29 is 4.74 Å². The molecule has 1 aromatic rings. The second kappa shape index (κ2) is 6.29. The number of benzene rings is 1. The van der Waals surface area contributed by atoms with Crippen LogP contribution in [0.3, 0.4) is 0 Å². The lowest BCUT2D eigenvalue weighted by Gasteiger charge is -2.40. The summed E-state index contributed by atoms with van der Waals surface area (Å²) in [5.41, 5.74) is 1.12. The third-order valence-corrected chi connectivity index (χ3v) is 4.14. The number of para-hydroxylation sites is 2. The van der Waals surface area contributed by atoms with Crippen LogP contribution in [0.25, 0.3) is 0 Å². The molecule has 3 unspecified atom stereocenters. The number of nitrogens with one attached hydrogen (secondary N) is 1. The van der Waals surface area contributed by atoms with Crippen molar-refractivity contribution in [3.8, 4) is 5.75 Å². The fraction of sp³-hybridized carbons (Fsp3) is 0.625. The Labute approximate surface area is 116 Å². The Kier molecular flexibility index (Phi) is 4.70. The lowest BCUT2D eigenvalue weighted by molar-refractivity contribution is 0.145. The van der Waals surface area contributed by atoms with Gasteiger partial charge in [-0.2, -0.15) is 0 Å². The van der Waals surface area contributed by atoms with Crippen molar-refractivity contribution in [2.24, 2.45) is 5.92 Å². The van der Waals surface area contributed by atoms with Crippen LogP contribution in [0.5, 0.6) is 5.75 Å². The van der Waals surface area contributed by atoms with Gasteiger partial charge in [0.15, 0.2) is 0 Å². The Hall–Kier alpha value is -1.22. The molecule has 0 aliphatic carbocycles. The number of rotatable bonds is 4. The van der Waals surface area contributed by atoms with E-state index >= 15 is 0 Å². The summed E-state index contributed by atoms with van der Waals surface area (Å²) in [5.74, 6) is 1.61. The summed E-state index contributed by atoms with van der Waals surface area (Å²) in [4.78, 5) is 2.44. The number of likely N-dealkylation sites (tertiary alicyclic amines) is 1. The molecule has 0 spiro atoms. The molecule has 0 aromatic heterocycles. The van der Waals surface area contributed by atoms with Gasteiger partial charge in [0.2, 0.25) is 0 Å². The number of anilines is 1.